The van der Waals surface area contributed by atoms with Gasteiger partial charge in [-0.05, 0) is 50.2 Å². The fourth-order valence-electron chi connectivity index (χ4n) is 2.89. The van der Waals surface area contributed by atoms with Gasteiger partial charge in [-0.2, -0.15) is 0 Å². The molecular formula is C21H23N3O2S. The van der Waals surface area contributed by atoms with Gasteiger partial charge in [0.05, 0.1) is 12.8 Å². The first-order chi connectivity index (χ1) is 13.2. The van der Waals surface area contributed by atoms with E-state index >= 15 is 0 Å². The van der Waals surface area contributed by atoms with Gasteiger partial charge in [0.25, 0.3) is 5.91 Å². The molecule has 1 heterocycles. The predicted octanol–water partition coefficient (Wildman–Crippen LogP) is 4.92. The third-order valence-corrected chi connectivity index (χ3v) is 5.12. The molecule has 3 aromatic rings. The summed E-state index contributed by atoms with van der Waals surface area (Å²) >= 11 is 1.40. The fraction of sp³-hybridized carbons (Fsp3) is 0.238. The first-order valence-corrected chi connectivity index (χ1v) is 9.79. The quantitative estimate of drug-likeness (QED) is 0.631. The second-order valence-corrected chi connectivity index (χ2v) is 6.77. The van der Waals surface area contributed by atoms with E-state index in [9.17, 15) is 4.79 Å². The maximum atomic E-state index is 12.5. The third kappa shape index (κ3) is 4.28. The highest BCUT2D eigenvalue weighted by Gasteiger charge is 2.13. The minimum atomic E-state index is -0.165. The Morgan fingerprint density at radius 3 is 2.48 bits per heavy atom. The minimum absolute atomic E-state index is 0.165. The molecule has 0 aliphatic rings. The van der Waals surface area contributed by atoms with Gasteiger partial charge in [-0.15, -0.1) is 11.3 Å². The molecule has 3 rings (SSSR count). The van der Waals surface area contributed by atoms with Crippen LogP contribution in [-0.2, 0) is 0 Å². The van der Waals surface area contributed by atoms with E-state index in [2.05, 4.69) is 29.0 Å². The summed E-state index contributed by atoms with van der Waals surface area (Å²) in [6.45, 7) is 6.11. The van der Waals surface area contributed by atoms with Crippen LogP contribution in [-0.4, -0.2) is 31.1 Å². The van der Waals surface area contributed by atoms with E-state index < -0.39 is 0 Å². The van der Waals surface area contributed by atoms with Gasteiger partial charge in [0.1, 0.15) is 5.75 Å². The number of rotatable bonds is 7. The Labute approximate surface area is 163 Å². The zero-order valence-electron chi connectivity index (χ0n) is 15.7. The number of anilines is 2. The molecule has 2 aromatic carbocycles. The highest BCUT2D eigenvalue weighted by Crippen LogP contribution is 2.32. The van der Waals surface area contributed by atoms with E-state index in [0.29, 0.717) is 10.7 Å². The number of carbonyl (C=O) groups excluding carboxylic acids is 1. The Morgan fingerprint density at radius 2 is 1.81 bits per heavy atom. The Hall–Kier alpha value is -2.86. The number of thiazole rings is 1. The predicted molar refractivity (Wildman–Crippen MR) is 112 cm³/mol. The average molecular weight is 382 g/mol. The van der Waals surface area contributed by atoms with E-state index in [1.54, 1.807) is 7.11 Å². The van der Waals surface area contributed by atoms with Crippen LogP contribution in [0.4, 0.5) is 10.8 Å². The molecule has 0 unspecified atom stereocenters. The lowest BCUT2D eigenvalue weighted by molar-refractivity contribution is 0.102. The molecule has 0 aliphatic carbocycles. The van der Waals surface area contributed by atoms with Crippen molar-refractivity contribution in [2.45, 2.75) is 13.8 Å². The van der Waals surface area contributed by atoms with Crippen molar-refractivity contribution in [3.8, 4) is 17.0 Å². The van der Waals surface area contributed by atoms with Gasteiger partial charge in [-0.3, -0.25) is 10.1 Å². The summed E-state index contributed by atoms with van der Waals surface area (Å²) < 4.78 is 5.38. The van der Waals surface area contributed by atoms with Crippen molar-refractivity contribution in [2.75, 3.05) is 30.4 Å². The van der Waals surface area contributed by atoms with Crippen LogP contribution in [0, 0.1) is 0 Å². The van der Waals surface area contributed by atoms with Crippen LogP contribution in [0.3, 0.4) is 0 Å². The molecule has 1 N–H and O–H groups in total. The largest absolute Gasteiger partial charge is 0.496 e. The minimum Gasteiger partial charge on any atom is -0.496 e. The van der Waals surface area contributed by atoms with Gasteiger partial charge in [-0.1, -0.05) is 12.1 Å². The zero-order valence-corrected chi connectivity index (χ0v) is 16.5. The molecular weight excluding hydrogens is 358 g/mol. The highest BCUT2D eigenvalue weighted by molar-refractivity contribution is 7.14. The van der Waals surface area contributed by atoms with Crippen molar-refractivity contribution >= 4 is 28.1 Å². The lowest BCUT2D eigenvalue weighted by atomic mass is 10.1. The maximum absolute atomic E-state index is 12.5. The van der Waals surface area contributed by atoms with E-state index in [-0.39, 0.29) is 5.91 Å². The molecule has 0 saturated carbocycles. The number of nitrogens with zero attached hydrogens (tertiary/aromatic N) is 2. The summed E-state index contributed by atoms with van der Waals surface area (Å²) in [6.07, 6.45) is 0. The van der Waals surface area contributed by atoms with Gasteiger partial charge >= 0.3 is 0 Å². The lowest BCUT2D eigenvalue weighted by Gasteiger charge is -2.20. The second kappa shape index (κ2) is 8.68. The zero-order chi connectivity index (χ0) is 19.2. The molecule has 0 atom stereocenters. The summed E-state index contributed by atoms with van der Waals surface area (Å²) in [7, 11) is 1.63. The monoisotopic (exact) mass is 381 g/mol. The molecule has 1 amide bonds. The van der Waals surface area contributed by atoms with Crippen LogP contribution < -0.4 is 15.0 Å². The number of methoxy groups -OCH3 is 1. The van der Waals surface area contributed by atoms with Crippen LogP contribution in [0.2, 0.25) is 0 Å². The average Bonchev–Trinajstić information content (AvgIpc) is 3.17. The smallest absolute Gasteiger partial charge is 0.257 e. The van der Waals surface area contributed by atoms with Crippen molar-refractivity contribution in [1.29, 1.82) is 0 Å². The molecule has 0 saturated heterocycles. The molecule has 0 radical (unpaired) electrons. The Kier molecular flexibility index (Phi) is 6.08. The number of hydrogen-bond donors (Lipinski definition) is 1. The van der Waals surface area contributed by atoms with Gasteiger partial charge in [0, 0.05) is 35.3 Å². The van der Waals surface area contributed by atoms with Crippen LogP contribution in [0.15, 0.2) is 53.9 Å². The first kappa shape index (κ1) is 18.9. The molecule has 5 nitrogen and oxygen atoms in total. The normalized spacial score (nSPS) is 10.5. The maximum Gasteiger partial charge on any atom is 0.257 e. The van der Waals surface area contributed by atoms with Crippen molar-refractivity contribution in [1.82, 2.24) is 4.98 Å². The topological polar surface area (TPSA) is 54.5 Å². The van der Waals surface area contributed by atoms with Crippen LogP contribution in [0.25, 0.3) is 11.3 Å². The molecule has 140 valence electrons. The summed E-state index contributed by atoms with van der Waals surface area (Å²) in [5, 5.41) is 5.35. The van der Waals surface area contributed by atoms with Crippen molar-refractivity contribution in [3.05, 3.63) is 59.5 Å². The first-order valence-electron chi connectivity index (χ1n) is 8.91. The van der Waals surface area contributed by atoms with Crippen LogP contribution in [0.1, 0.15) is 24.2 Å². The van der Waals surface area contributed by atoms with Crippen LogP contribution in [0.5, 0.6) is 5.75 Å². The van der Waals surface area contributed by atoms with Gasteiger partial charge in [-0.25, -0.2) is 4.98 Å². The summed E-state index contributed by atoms with van der Waals surface area (Å²) in [5.74, 6) is 0.592. The molecule has 0 aliphatic heterocycles. The third-order valence-electron chi connectivity index (χ3n) is 4.37. The molecule has 1 aromatic heterocycles. The molecule has 0 bridgehead atoms. The summed E-state index contributed by atoms with van der Waals surface area (Å²) in [5.41, 5.74) is 3.41. The van der Waals surface area contributed by atoms with Gasteiger partial charge in [0.2, 0.25) is 0 Å². The lowest BCUT2D eigenvalue weighted by Crippen LogP contribution is -2.21. The Bertz CT molecular complexity index is 902. The summed E-state index contributed by atoms with van der Waals surface area (Å²) in [6, 6.07) is 15.3. The number of ether oxygens (including phenoxy) is 1. The summed E-state index contributed by atoms with van der Waals surface area (Å²) in [4.78, 5) is 19.3. The molecule has 27 heavy (non-hydrogen) atoms. The van der Waals surface area contributed by atoms with E-state index in [4.69, 9.17) is 4.74 Å². The van der Waals surface area contributed by atoms with Crippen molar-refractivity contribution in [2.24, 2.45) is 0 Å². The molecule has 0 spiro atoms. The van der Waals surface area contributed by atoms with E-state index in [1.807, 2.05) is 53.9 Å². The second-order valence-electron chi connectivity index (χ2n) is 5.91. The van der Waals surface area contributed by atoms with E-state index in [1.165, 1.54) is 11.3 Å². The number of amides is 1. The van der Waals surface area contributed by atoms with Crippen LogP contribution >= 0.6 is 11.3 Å². The van der Waals surface area contributed by atoms with E-state index in [0.717, 1.165) is 35.8 Å². The number of hydrogen-bond acceptors (Lipinski definition) is 5. The number of carbonyl (C=O) groups is 1. The number of para-hydroxylation sites is 1. The number of benzene rings is 2. The molecule has 6 heteroatoms. The van der Waals surface area contributed by atoms with Gasteiger partial charge < -0.3 is 9.64 Å². The SMILES string of the molecule is CCN(CC)c1ccc(C(=O)Nc2nc(-c3ccccc3OC)cs2)cc1. The highest BCUT2D eigenvalue weighted by atomic mass is 32.1. The Balaban J connectivity index is 1.73. The standard InChI is InChI=1S/C21H23N3O2S/c1-4-24(5-2)16-12-10-15(11-13-16)20(25)23-21-22-18(14-27-21)17-8-6-7-9-19(17)26-3/h6-14H,4-5H2,1-3H3,(H,22,23,25). The Morgan fingerprint density at radius 1 is 1.11 bits per heavy atom. The number of nitrogens with one attached hydrogen (secondary N) is 1. The van der Waals surface area contributed by atoms with Crippen molar-refractivity contribution < 1.29 is 9.53 Å². The molecule has 0 fully saturated rings. The van der Waals surface area contributed by atoms with Gasteiger partial charge in [0.15, 0.2) is 5.13 Å². The fourth-order valence-corrected chi connectivity index (χ4v) is 3.60. The van der Waals surface area contributed by atoms with Crippen molar-refractivity contribution in [3.63, 3.8) is 0 Å². The number of aromatic nitrogens is 1.